The summed E-state index contributed by atoms with van der Waals surface area (Å²) in [5, 5.41) is 2.94. The van der Waals surface area contributed by atoms with Gasteiger partial charge in [-0.05, 0) is 43.2 Å². The van der Waals surface area contributed by atoms with Crippen LogP contribution in [-0.2, 0) is 9.53 Å². The Morgan fingerprint density at radius 1 is 1.30 bits per heavy atom. The highest BCUT2D eigenvalue weighted by molar-refractivity contribution is 6.29. The third kappa shape index (κ3) is 4.79. The number of carbonyl (C=O) groups excluding carboxylic acids is 2. The van der Waals surface area contributed by atoms with Gasteiger partial charge in [0.2, 0.25) is 0 Å². The van der Waals surface area contributed by atoms with Gasteiger partial charge in [0.1, 0.15) is 5.15 Å². The summed E-state index contributed by atoms with van der Waals surface area (Å²) < 4.78 is 5.27. The van der Waals surface area contributed by atoms with Crippen LogP contribution in [0, 0.1) is 6.92 Å². The highest BCUT2D eigenvalue weighted by Crippen LogP contribution is 2.14. The minimum atomic E-state index is -0.880. The molecule has 0 aliphatic carbocycles. The van der Waals surface area contributed by atoms with Gasteiger partial charge in [0.15, 0.2) is 6.10 Å². The van der Waals surface area contributed by atoms with Crippen LogP contribution in [0.15, 0.2) is 42.6 Å². The Labute approximate surface area is 139 Å². The molecule has 120 valence electrons. The van der Waals surface area contributed by atoms with Gasteiger partial charge in [-0.25, -0.2) is 9.78 Å². The minimum absolute atomic E-state index is 0.191. The third-order valence-electron chi connectivity index (χ3n) is 3.16. The second-order valence-electron chi connectivity index (χ2n) is 5.03. The average Bonchev–Trinajstić information content (AvgIpc) is 2.52. The standard InChI is InChI=1S/C17H17ClN2O3/c1-3-14(16(21)20-13-6-4-5-11(2)9-13)23-17(22)12-7-8-19-15(18)10-12/h4-10,14H,3H2,1-2H3,(H,20,21). The van der Waals surface area contributed by atoms with Gasteiger partial charge in [0.05, 0.1) is 5.56 Å². The summed E-state index contributed by atoms with van der Waals surface area (Å²) in [6, 6.07) is 10.3. The van der Waals surface area contributed by atoms with E-state index < -0.39 is 12.1 Å². The second kappa shape index (κ2) is 7.74. The maximum absolute atomic E-state index is 12.3. The van der Waals surface area contributed by atoms with Gasteiger partial charge in [0, 0.05) is 11.9 Å². The number of amides is 1. The van der Waals surface area contributed by atoms with Crippen molar-refractivity contribution in [3.63, 3.8) is 0 Å². The first kappa shape index (κ1) is 17.0. The number of nitrogens with one attached hydrogen (secondary N) is 1. The Kier molecular flexibility index (Phi) is 5.71. The molecule has 0 radical (unpaired) electrons. The number of aromatic nitrogens is 1. The second-order valence-corrected chi connectivity index (χ2v) is 5.42. The number of ether oxygens (including phenoxy) is 1. The summed E-state index contributed by atoms with van der Waals surface area (Å²) in [5.41, 5.74) is 1.95. The van der Waals surface area contributed by atoms with Crippen molar-refractivity contribution in [3.8, 4) is 0 Å². The number of hydrogen-bond acceptors (Lipinski definition) is 4. The summed E-state index contributed by atoms with van der Waals surface area (Å²) in [6.45, 7) is 3.70. The van der Waals surface area contributed by atoms with Crippen LogP contribution >= 0.6 is 11.6 Å². The Morgan fingerprint density at radius 2 is 2.09 bits per heavy atom. The Hall–Kier alpha value is -2.40. The minimum Gasteiger partial charge on any atom is -0.449 e. The van der Waals surface area contributed by atoms with Crippen LogP contribution in [-0.4, -0.2) is 23.0 Å². The number of rotatable bonds is 5. The number of pyridine rings is 1. The topological polar surface area (TPSA) is 68.3 Å². The number of hydrogen-bond donors (Lipinski definition) is 1. The molecule has 0 spiro atoms. The van der Waals surface area contributed by atoms with E-state index in [0.717, 1.165) is 5.56 Å². The van der Waals surface area contributed by atoms with E-state index in [1.807, 2.05) is 25.1 Å². The lowest BCUT2D eigenvalue weighted by Gasteiger charge is -2.16. The van der Waals surface area contributed by atoms with Crippen molar-refractivity contribution >= 4 is 29.2 Å². The van der Waals surface area contributed by atoms with Crippen molar-refractivity contribution in [1.29, 1.82) is 0 Å². The number of halogens is 1. The summed E-state index contributed by atoms with van der Waals surface area (Å²) >= 11 is 5.75. The quantitative estimate of drug-likeness (QED) is 0.670. The number of esters is 1. The highest BCUT2D eigenvalue weighted by Gasteiger charge is 2.22. The van der Waals surface area contributed by atoms with Gasteiger partial charge in [-0.2, -0.15) is 0 Å². The molecular weight excluding hydrogens is 316 g/mol. The van der Waals surface area contributed by atoms with Crippen LogP contribution in [0.2, 0.25) is 5.15 Å². The molecule has 0 saturated carbocycles. The van der Waals surface area contributed by atoms with Crippen molar-refractivity contribution in [2.45, 2.75) is 26.4 Å². The van der Waals surface area contributed by atoms with E-state index in [0.29, 0.717) is 12.1 Å². The first-order valence-corrected chi connectivity index (χ1v) is 7.57. The van der Waals surface area contributed by atoms with E-state index in [9.17, 15) is 9.59 Å². The van der Waals surface area contributed by atoms with E-state index >= 15 is 0 Å². The zero-order valence-electron chi connectivity index (χ0n) is 12.9. The molecule has 1 amide bonds. The molecule has 1 aromatic heterocycles. The first-order chi connectivity index (χ1) is 11.0. The monoisotopic (exact) mass is 332 g/mol. The molecule has 1 N–H and O–H groups in total. The molecule has 1 unspecified atom stereocenters. The molecule has 2 aromatic rings. The average molecular weight is 333 g/mol. The molecule has 0 fully saturated rings. The fourth-order valence-electron chi connectivity index (χ4n) is 1.99. The van der Waals surface area contributed by atoms with Crippen molar-refractivity contribution in [3.05, 3.63) is 58.9 Å². The molecular formula is C17H17ClN2O3. The van der Waals surface area contributed by atoms with Gasteiger partial charge in [-0.3, -0.25) is 4.79 Å². The molecule has 23 heavy (non-hydrogen) atoms. The molecule has 2 rings (SSSR count). The number of carbonyl (C=O) groups is 2. The third-order valence-corrected chi connectivity index (χ3v) is 3.37. The summed E-state index contributed by atoms with van der Waals surface area (Å²) in [5.74, 6) is -0.979. The smallest absolute Gasteiger partial charge is 0.339 e. The van der Waals surface area contributed by atoms with Crippen molar-refractivity contribution in [2.24, 2.45) is 0 Å². The SMILES string of the molecule is CCC(OC(=O)c1ccnc(Cl)c1)C(=O)Nc1cccc(C)c1. The predicted molar refractivity (Wildman–Crippen MR) is 88.6 cm³/mol. The lowest BCUT2D eigenvalue weighted by Crippen LogP contribution is -2.32. The molecule has 6 heteroatoms. The summed E-state index contributed by atoms with van der Waals surface area (Å²) in [7, 11) is 0. The zero-order chi connectivity index (χ0) is 16.8. The van der Waals surface area contributed by atoms with Crippen LogP contribution in [0.3, 0.4) is 0 Å². The summed E-state index contributed by atoms with van der Waals surface area (Å²) in [6.07, 6.45) is 0.893. The molecule has 1 atom stereocenters. The fourth-order valence-corrected chi connectivity index (χ4v) is 2.17. The van der Waals surface area contributed by atoms with E-state index in [-0.39, 0.29) is 16.6 Å². The summed E-state index contributed by atoms with van der Waals surface area (Å²) in [4.78, 5) is 28.1. The molecule has 5 nitrogen and oxygen atoms in total. The van der Waals surface area contributed by atoms with Gasteiger partial charge in [0.25, 0.3) is 5.91 Å². The van der Waals surface area contributed by atoms with Gasteiger partial charge in [-0.15, -0.1) is 0 Å². The number of aryl methyl sites for hydroxylation is 1. The molecule has 0 saturated heterocycles. The Balaban J connectivity index is 2.04. The number of nitrogens with zero attached hydrogens (tertiary/aromatic N) is 1. The number of benzene rings is 1. The lowest BCUT2D eigenvalue weighted by atomic mass is 10.2. The largest absolute Gasteiger partial charge is 0.449 e. The predicted octanol–water partition coefficient (Wildman–Crippen LogP) is 3.62. The Bertz CT molecular complexity index is 718. The van der Waals surface area contributed by atoms with E-state index in [2.05, 4.69) is 10.3 Å². The number of anilines is 1. The van der Waals surface area contributed by atoms with Gasteiger partial charge in [-0.1, -0.05) is 30.7 Å². The van der Waals surface area contributed by atoms with Crippen molar-refractivity contribution < 1.29 is 14.3 Å². The zero-order valence-corrected chi connectivity index (χ0v) is 13.6. The maximum Gasteiger partial charge on any atom is 0.339 e. The van der Waals surface area contributed by atoms with Crippen LogP contribution in [0.1, 0.15) is 29.3 Å². The molecule has 1 heterocycles. The first-order valence-electron chi connectivity index (χ1n) is 7.19. The van der Waals surface area contributed by atoms with Gasteiger partial charge >= 0.3 is 5.97 Å². The van der Waals surface area contributed by atoms with Crippen LogP contribution in [0.25, 0.3) is 0 Å². The maximum atomic E-state index is 12.3. The van der Waals surface area contributed by atoms with Crippen LogP contribution in [0.4, 0.5) is 5.69 Å². The molecule has 0 aliphatic rings. The van der Waals surface area contributed by atoms with Crippen molar-refractivity contribution in [2.75, 3.05) is 5.32 Å². The van der Waals surface area contributed by atoms with Crippen molar-refractivity contribution in [1.82, 2.24) is 4.98 Å². The van der Waals surface area contributed by atoms with E-state index in [1.54, 1.807) is 13.0 Å². The van der Waals surface area contributed by atoms with Crippen LogP contribution in [0.5, 0.6) is 0 Å². The van der Waals surface area contributed by atoms with E-state index in [1.165, 1.54) is 18.3 Å². The normalized spacial score (nSPS) is 11.6. The van der Waals surface area contributed by atoms with Gasteiger partial charge < -0.3 is 10.1 Å². The van der Waals surface area contributed by atoms with E-state index in [4.69, 9.17) is 16.3 Å². The highest BCUT2D eigenvalue weighted by atomic mass is 35.5. The Morgan fingerprint density at radius 3 is 2.74 bits per heavy atom. The fraction of sp³-hybridized carbons (Fsp3) is 0.235. The molecule has 1 aromatic carbocycles. The lowest BCUT2D eigenvalue weighted by molar-refractivity contribution is -0.124. The molecule has 0 aliphatic heterocycles. The molecule has 0 bridgehead atoms. The van der Waals surface area contributed by atoms with Crippen LogP contribution < -0.4 is 5.32 Å².